The van der Waals surface area contributed by atoms with Crippen molar-refractivity contribution in [3.63, 3.8) is 0 Å². The van der Waals surface area contributed by atoms with Gasteiger partial charge in [0.1, 0.15) is 35.4 Å². The first kappa shape index (κ1) is 25.0. The Morgan fingerprint density at radius 1 is 1.10 bits per heavy atom. The lowest BCUT2D eigenvalue weighted by Gasteiger charge is -2.34. The van der Waals surface area contributed by atoms with Gasteiger partial charge in [0.2, 0.25) is 5.88 Å². The van der Waals surface area contributed by atoms with Gasteiger partial charge in [0.05, 0.1) is 23.0 Å². The lowest BCUT2D eigenvalue weighted by Crippen LogP contribution is -2.43. The monoisotopic (exact) mass is 544 g/mol. The Hall–Kier alpha value is -4.03. The molecule has 3 aliphatic rings. The number of phenolic OH excluding ortho intramolecular Hbond substituents is 1. The zero-order chi connectivity index (χ0) is 27.6. The summed E-state index contributed by atoms with van der Waals surface area (Å²) in [7, 11) is 0. The van der Waals surface area contributed by atoms with Crippen LogP contribution in [0.15, 0.2) is 36.5 Å². The van der Waals surface area contributed by atoms with Crippen molar-refractivity contribution in [2.75, 3.05) is 37.7 Å². The molecule has 7 rings (SSSR count). The average molecular weight is 545 g/mol. The molecule has 0 saturated carbocycles. The minimum atomic E-state index is -0.888. The fraction of sp³-hybridized carbons (Fsp3) is 0.355. The number of aromatic hydroxyl groups is 1. The summed E-state index contributed by atoms with van der Waals surface area (Å²) >= 11 is 0. The van der Waals surface area contributed by atoms with E-state index < -0.39 is 17.8 Å². The third-order valence-corrected chi connectivity index (χ3v) is 8.65. The minimum Gasteiger partial charge on any atom is -0.508 e. The summed E-state index contributed by atoms with van der Waals surface area (Å²) in [6.45, 7) is 3.03. The first-order valence-electron chi connectivity index (χ1n) is 13.6. The smallest absolute Gasteiger partial charge is 0.233 e. The molecule has 2 atom stereocenters. The highest BCUT2D eigenvalue weighted by molar-refractivity contribution is 6.05. The summed E-state index contributed by atoms with van der Waals surface area (Å²) in [5.41, 5.74) is 1.06. The van der Waals surface area contributed by atoms with Crippen molar-refractivity contribution in [1.82, 2.24) is 14.9 Å². The summed E-state index contributed by atoms with van der Waals surface area (Å²) in [5.74, 6) is 1.15. The number of ether oxygens (including phenoxy) is 1. The number of terminal acetylenes is 1. The van der Waals surface area contributed by atoms with E-state index in [1.807, 2.05) is 0 Å². The maximum atomic E-state index is 16.4. The summed E-state index contributed by atoms with van der Waals surface area (Å²) in [6, 6.07) is 7.27. The third-order valence-electron chi connectivity index (χ3n) is 8.65. The first-order valence-corrected chi connectivity index (χ1v) is 13.6. The van der Waals surface area contributed by atoms with Gasteiger partial charge in [-0.1, -0.05) is 12.0 Å². The average Bonchev–Trinajstić information content (AvgIpc) is 3.43. The Bertz CT molecular complexity index is 1720. The van der Waals surface area contributed by atoms with Crippen LogP contribution in [0.3, 0.4) is 0 Å². The van der Waals surface area contributed by atoms with Crippen molar-refractivity contribution in [3.8, 4) is 35.1 Å². The quantitative estimate of drug-likeness (QED) is 0.331. The van der Waals surface area contributed by atoms with E-state index in [1.165, 1.54) is 30.5 Å². The molecule has 3 aromatic carbocycles. The van der Waals surface area contributed by atoms with Crippen LogP contribution in [0.2, 0.25) is 0 Å². The predicted molar refractivity (Wildman–Crippen MR) is 147 cm³/mol. The molecule has 6 nitrogen and oxygen atoms in total. The molecule has 0 spiro atoms. The van der Waals surface area contributed by atoms with Crippen molar-refractivity contribution in [2.24, 2.45) is 0 Å². The van der Waals surface area contributed by atoms with E-state index >= 15 is 4.39 Å². The summed E-state index contributed by atoms with van der Waals surface area (Å²) in [4.78, 5) is 13.3. The van der Waals surface area contributed by atoms with Crippen LogP contribution in [-0.2, 0) is 0 Å². The number of benzene rings is 3. The van der Waals surface area contributed by atoms with Gasteiger partial charge in [-0.25, -0.2) is 23.1 Å². The Balaban J connectivity index is 1.38. The molecule has 0 bridgehead atoms. The predicted octanol–water partition coefficient (Wildman–Crippen LogP) is 5.58. The molecule has 204 valence electrons. The van der Waals surface area contributed by atoms with Crippen molar-refractivity contribution in [1.29, 1.82) is 0 Å². The van der Waals surface area contributed by atoms with E-state index in [9.17, 15) is 13.9 Å². The molecule has 3 fully saturated rings. The number of hydrogen-bond acceptors (Lipinski definition) is 6. The molecule has 0 radical (unpaired) electrons. The zero-order valence-electron chi connectivity index (χ0n) is 21.8. The molecule has 4 heterocycles. The third kappa shape index (κ3) is 3.85. The molecular formula is C31H27F3N4O2. The highest BCUT2D eigenvalue weighted by Gasteiger charge is 2.49. The van der Waals surface area contributed by atoms with Gasteiger partial charge in [-0.2, -0.15) is 0 Å². The van der Waals surface area contributed by atoms with E-state index in [0.29, 0.717) is 34.9 Å². The fourth-order valence-electron chi connectivity index (χ4n) is 6.61. The van der Waals surface area contributed by atoms with E-state index in [-0.39, 0.29) is 46.0 Å². The number of fused-ring (bicyclic) bond motifs is 3. The number of nitrogens with zero attached hydrogens (tertiary/aromatic N) is 4. The zero-order valence-corrected chi connectivity index (χ0v) is 21.8. The van der Waals surface area contributed by atoms with Gasteiger partial charge in [-0.15, -0.1) is 6.42 Å². The summed E-state index contributed by atoms with van der Waals surface area (Å²) in [6.07, 6.45) is 9.48. The number of anilines is 1. The van der Waals surface area contributed by atoms with Crippen LogP contribution >= 0.6 is 0 Å². The number of alkyl halides is 1. The van der Waals surface area contributed by atoms with Crippen LogP contribution in [-0.4, -0.2) is 64.5 Å². The topological polar surface area (TPSA) is 61.7 Å². The molecule has 1 aromatic heterocycles. The van der Waals surface area contributed by atoms with E-state index in [0.717, 1.165) is 38.9 Å². The Morgan fingerprint density at radius 3 is 2.73 bits per heavy atom. The summed E-state index contributed by atoms with van der Waals surface area (Å²) < 4.78 is 51.5. The van der Waals surface area contributed by atoms with Crippen molar-refractivity contribution >= 4 is 27.5 Å². The van der Waals surface area contributed by atoms with Crippen molar-refractivity contribution < 1.29 is 23.0 Å². The maximum Gasteiger partial charge on any atom is 0.233 e. The van der Waals surface area contributed by atoms with Crippen LogP contribution in [0.1, 0.15) is 31.2 Å². The Kier molecular flexibility index (Phi) is 5.79. The van der Waals surface area contributed by atoms with Crippen LogP contribution < -0.4 is 9.64 Å². The molecule has 0 aliphatic carbocycles. The van der Waals surface area contributed by atoms with Crippen LogP contribution in [0.5, 0.6) is 11.6 Å². The van der Waals surface area contributed by atoms with Crippen molar-refractivity contribution in [2.45, 2.75) is 37.4 Å². The number of halogens is 3. The molecular weight excluding hydrogens is 517 g/mol. The Labute approximate surface area is 229 Å². The number of phenols is 1. The molecule has 4 aromatic rings. The number of rotatable bonds is 5. The highest BCUT2D eigenvalue weighted by Crippen LogP contribution is 2.43. The molecule has 3 aliphatic heterocycles. The van der Waals surface area contributed by atoms with Gasteiger partial charge in [-0.05, 0) is 61.0 Å². The number of aromatic nitrogens is 2. The van der Waals surface area contributed by atoms with Gasteiger partial charge in [0.15, 0.2) is 5.82 Å². The van der Waals surface area contributed by atoms with Gasteiger partial charge in [0, 0.05) is 37.0 Å². The van der Waals surface area contributed by atoms with Gasteiger partial charge < -0.3 is 14.7 Å². The molecule has 3 saturated heterocycles. The van der Waals surface area contributed by atoms with Gasteiger partial charge >= 0.3 is 0 Å². The standard InChI is InChI=1S/C31H27F3N4O2/c1-2-21-24(33)6-5-18-11-20(39)12-22(27(18)21)23-13-25(37-8-4-9-37)29-30(28(23)34)36-26(15-35-29)40-17-31-7-3-10-38(31)16-19(32)14-31/h1,5-6,11-13,15,19,39H,3-4,7-10,14,16-17H2/t19-,31+/m1/s1. The van der Waals surface area contributed by atoms with E-state index in [2.05, 4.69) is 25.7 Å². The number of hydrogen-bond donors (Lipinski definition) is 1. The van der Waals surface area contributed by atoms with Crippen LogP contribution in [0.25, 0.3) is 32.9 Å². The summed E-state index contributed by atoms with van der Waals surface area (Å²) in [5, 5.41) is 11.3. The van der Waals surface area contributed by atoms with Crippen LogP contribution in [0, 0.1) is 24.0 Å². The minimum absolute atomic E-state index is 0.00243. The van der Waals surface area contributed by atoms with Gasteiger partial charge in [0.25, 0.3) is 0 Å². The second-order valence-electron chi connectivity index (χ2n) is 11.0. The SMILES string of the molecule is C#Cc1c(F)ccc2cc(O)cc(-c3cc(N4CCC4)c4ncc(OC[C@@]56CCCN5C[C@H](F)C6)nc4c3F)c12. The van der Waals surface area contributed by atoms with E-state index in [4.69, 9.17) is 11.2 Å². The Morgan fingerprint density at radius 2 is 1.95 bits per heavy atom. The van der Waals surface area contributed by atoms with E-state index in [1.54, 1.807) is 6.07 Å². The molecule has 9 heteroatoms. The fourth-order valence-corrected chi connectivity index (χ4v) is 6.61. The van der Waals surface area contributed by atoms with Crippen LogP contribution in [0.4, 0.5) is 18.9 Å². The lowest BCUT2D eigenvalue weighted by molar-refractivity contribution is 0.110. The normalized spacial score (nSPS) is 22.4. The van der Waals surface area contributed by atoms with Crippen molar-refractivity contribution in [3.05, 3.63) is 53.7 Å². The van der Waals surface area contributed by atoms with Gasteiger partial charge in [-0.3, -0.25) is 4.90 Å². The lowest BCUT2D eigenvalue weighted by atomic mass is 9.92. The molecule has 1 N–H and O–H groups in total. The molecule has 0 amide bonds. The second kappa shape index (κ2) is 9.27. The first-order chi connectivity index (χ1) is 19.4. The molecule has 40 heavy (non-hydrogen) atoms. The molecule has 0 unspecified atom stereocenters. The highest BCUT2D eigenvalue weighted by atomic mass is 19.1. The second-order valence-corrected chi connectivity index (χ2v) is 11.0. The maximum absolute atomic E-state index is 16.4. The largest absolute Gasteiger partial charge is 0.508 e.